The topological polar surface area (TPSA) is 46.9 Å². The van der Waals surface area contributed by atoms with Crippen molar-refractivity contribution >= 4 is 17.2 Å². The highest BCUT2D eigenvalue weighted by atomic mass is 32.1. The molecule has 22 heavy (non-hydrogen) atoms. The summed E-state index contributed by atoms with van der Waals surface area (Å²) in [5.41, 5.74) is 1.76. The first kappa shape index (κ1) is 14.5. The highest BCUT2D eigenvalue weighted by molar-refractivity contribution is 7.10. The van der Waals surface area contributed by atoms with Crippen LogP contribution in [-0.4, -0.2) is 22.2 Å². The molecule has 0 fully saturated rings. The zero-order valence-corrected chi connectivity index (χ0v) is 13.1. The molecule has 0 spiro atoms. The Hall–Kier alpha value is -2.40. The molecule has 1 atom stereocenters. The Morgan fingerprint density at radius 3 is 2.91 bits per heavy atom. The molecule has 2 heterocycles. The Morgan fingerprint density at radius 1 is 1.32 bits per heavy atom. The molecule has 5 heteroatoms. The lowest BCUT2D eigenvalue weighted by Crippen LogP contribution is -2.31. The minimum Gasteiger partial charge on any atom is -0.350 e. The fourth-order valence-corrected chi connectivity index (χ4v) is 3.17. The lowest BCUT2D eigenvalue weighted by molar-refractivity contribution is 0.0949. The second kappa shape index (κ2) is 6.58. The molecule has 1 unspecified atom stereocenters. The largest absolute Gasteiger partial charge is 0.350 e. The van der Waals surface area contributed by atoms with Gasteiger partial charge < -0.3 is 5.32 Å². The van der Waals surface area contributed by atoms with E-state index in [0.717, 1.165) is 5.56 Å². The molecule has 2 aromatic heterocycles. The second-order valence-electron chi connectivity index (χ2n) is 5.10. The van der Waals surface area contributed by atoms with Crippen LogP contribution in [0.1, 0.15) is 26.8 Å². The fraction of sp³-hybridized carbons (Fsp3) is 0.176. The van der Waals surface area contributed by atoms with Crippen LogP contribution in [0, 0.1) is 6.92 Å². The van der Waals surface area contributed by atoms with E-state index >= 15 is 0 Å². The van der Waals surface area contributed by atoms with Crippen molar-refractivity contribution < 1.29 is 4.79 Å². The Morgan fingerprint density at radius 2 is 2.23 bits per heavy atom. The molecule has 4 nitrogen and oxygen atoms in total. The normalized spacial score (nSPS) is 12.0. The van der Waals surface area contributed by atoms with Crippen LogP contribution in [0.15, 0.2) is 60.2 Å². The third kappa shape index (κ3) is 3.26. The van der Waals surface area contributed by atoms with Crippen LogP contribution in [0.2, 0.25) is 0 Å². The molecular formula is C17H17N3OS. The van der Waals surface area contributed by atoms with Crippen molar-refractivity contribution in [2.24, 2.45) is 0 Å². The summed E-state index contributed by atoms with van der Waals surface area (Å²) in [4.78, 5) is 13.5. The number of nitrogens with one attached hydrogen (secondary N) is 1. The van der Waals surface area contributed by atoms with Crippen LogP contribution < -0.4 is 5.32 Å². The third-order valence-corrected chi connectivity index (χ3v) is 4.43. The number of carbonyl (C=O) groups excluding carboxylic acids is 1. The van der Waals surface area contributed by atoms with Crippen molar-refractivity contribution in [2.75, 3.05) is 6.54 Å². The van der Waals surface area contributed by atoms with Crippen LogP contribution in [-0.2, 0) is 0 Å². The number of hydrogen-bond acceptors (Lipinski definition) is 3. The molecule has 0 saturated heterocycles. The van der Waals surface area contributed by atoms with Gasteiger partial charge in [-0.25, -0.2) is 0 Å². The summed E-state index contributed by atoms with van der Waals surface area (Å²) in [7, 11) is 0. The molecule has 3 rings (SSSR count). The number of aryl methyl sites for hydroxylation is 1. The maximum absolute atomic E-state index is 12.3. The maximum atomic E-state index is 12.3. The van der Waals surface area contributed by atoms with Gasteiger partial charge in [0, 0.05) is 29.4 Å². The van der Waals surface area contributed by atoms with Gasteiger partial charge in [0.2, 0.25) is 0 Å². The number of hydrogen-bond donors (Lipinski definition) is 1. The minimum absolute atomic E-state index is 0.0174. The summed E-state index contributed by atoms with van der Waals surface area (Å²) in [6.45, 7) is 2.49. The van der Waals surface area contributed by atoms with Gasteiger partial charge in [0.15, 0.2) is 0 Å². The summed E-state index contributed by atoms with van der Waals surface area (Å²) in [6, 6.07) is 13.6. The van der Waals surface area contributed by atoms with Gasteiger partial charge in [-0.1, -0.05) is 23.8 Å². The Balaban J connectivity index is 1.73. The van der Waals surface area contributed by atoms with Gasteiger partial charge in [0.25, 0.3) is 5.91 Å². The molecule has 0 bridgehead atoms. The van der Waals surface area contributed by atoms with Crippen molar-refractivity contribution in [1.82, 2.24) is 15.1 Å². The molecule has 1 amide bonds. The number of nitrogens with zero attached hydrogens (tertiary/aromatic N) is 2. The number of benzene rings is 1. The van der Waals surface area contributed by atoms with Gasteiger partial charge in [0.05, 0.1) is 0 Å². The fourth-order valence-electron chi connectivity index (χ4n) is 2.35. The van der Waals surface area contributed by atoms with Crippen molar-refractivity contribution in [3.8, 4) is 0 Å². The van der Waals surface area contributed by atoms with Gasteiger partial charge in [-0.05, 0) is 36.6 Å². The zero-order valence-electron chi connectivity index (χ0n) is 12.3. The molecule has 1 N–H and O–H groups in total. The van der Waals surface area contributed by atoms with Crippen LogP contribution in [0.5, 0.6) is 0 Å². The molecular weight excluding hydrogens is 294 g/mol. The van der Waals surface area contributed by atoms with Crippen molar-refractivity contribution in [3.05, 3.63) is 76.2 Å². The summed E-state index contributed by atoms with van der Waals surface area (Å²) in [5, 5.41) is 9.36. The van der Waals surface area contributed by atoms with Gasteiger partial charge in [-0.15, -0.1) is 11.3 Å². The minimum atomic E-state index is -0.0580. The van der Waals surface area contributed by atoms with E-state index in [9.17, 15) is 4.79 Å². The van der Waals surface area contributed by atoms with Gasteiger partial charge in [0.1, 0.15) is 6.04 Å². The monoisotopic (exact) mass is 311 g/mol. The van der Waals surface area contributed by atoms with Gasteiger partial charge in [-0.2, -0.15) is 5.10 Å². The number of aromatic nitrogens is 2. The van der Waals surface area contributed by atoms with Gasteiger partial charge >= 0.3 is 0 Å². The predicted molar refractivity (Wildman–Crippen MR) is 88.2 cm³/mol. The van der Waals surface area contributed by atoms with E-state index in [-0.39, 0.29) is 11.9 Å². The smallest absolute Gasteiger partial charge is 0.251 e. The number of thiophene rings is 1. The molecule has 0 aliphatic carbocycles. The van der Waals surface area contributed by atoms with E-state index in [1.807, 2.05) is 59.6 Å². The summed E-state index contributed by atoms with van der Waals surface area (Å²) >= 11 is 1.67. The van der Waals surface area contributed by atoms with Crippen LogP contribution in [0.4, 0.5) is 0 Å². The SMILES string of the molecule is Cc1cccc(C(=O)NCC(c2cccs2)n2cccn2)c1. The first-order valence-electron chi connectivity index (χ1n) is 7.11. The van der Waals surface area contributed by atoms with Crippen molar-refractivity contribution in [3.63, 3.8) is 0 Å². The van der Waals surface area contributed by atoms with Crippen molar-refractivity contribution in [2.45, 2.75) is 13.0 Å². The number of amides is 1. The summed E-state index contributed by atoms with van der Waals surface area (Å²) < 4.78 is 1.88. The number of rotatable bonds is 5. The Labute approximate surface area is 133 Å². The molecule has 1 aromatic carbocycles. The van der Waals surface area contributed by atoms with E-state index in [1.165, 1.54) is 4.88 Å². The average molecular weight is 311 g/mol. The molecule has 0 aliphatic heterocycles. The number of carbonyl (C=O) groups is 1. The average Bonchev–Trinajstić information content (AvgIpc) is 3.21. The predicted octanol–water partition coefficient (Wildman–Crippen LogP) is 3.27. The zero-order chi connectivity index (χ0) is 15.4. The standard InChI is InChI=1S/C17H17N3OS/c1-13-5-2-6-14(11-13)17(21)18-12-15(16-7-3-10-22-16)20-9-4-8-19-20/h2-11,15H,12H2,1H3,(H,18,21). The molecule has 0 saturated carbocycles. The lowest BCUT2D eigenvalue weighted by atomic mass is 10.1. The van der Waals surface area contributed by atoms with Crippen molar-refractivity contribution in [1.29, 1.82) is 0 Å². The van der Waals surface area contributed by atoms with Crippen LogP contribution in [0.3, 0.4) is 0 Å². The van der Waals surface area contributed by atoms with E-state index in [4.69, 9.17) is 0 Å². The highest BCUT2D eigenvalue weighted by Crippen LogP contribution is 2.22. The molecule has 0 radical (unpaired) electrons. The third-order valence-electron chi connectivity index (χ3n) is 3.45. The second-order valence-corrected chi connectivity index (χ2v) is 6.08. The van der Waals surface area contributed by atoms with E-state index in [0.29, 0.717) is 12.1 Å². The van der Waals surface area contributed by atoms with Crippen LogP contribution in [0.25, 0.3) is 0 Å². The van der Waals surface area contributed by atoms with E-state index in [2.05, 4.69) is 16.5 Å². The molecule has 112 valence electrons. The highest BCUT2D eigenvalue weighted by Gasteiger charge is 2.16. The maximum Gasteiger partial charge on any atom is 0.251 e. The van der Waals surface area contributed by atoms with Crippen LogP contribution >= 0.6 is 11.3 Å². The first-order chi connectivity index (χ1) is 10.7. The van der Waals surface area contributed by atoms with E-state index in [1.54, 1.807) is 17.5 Å². The molecule has 3 aromatic rings. The Bertz CT molecular complexity index is 701. The quantitative estimate of drug-likeness (QED) is 0.786. The summed E-state index contributed by atoms with van der Waals surface area (Å²) in [6.07, 6.45) is 3.67. The molecule has 0 aliphatic rings. The Kier molecular flexibility index (Phi) is 4.34. The summed E-state index contributed by atoms with van der Waals surface area (Å²) in [5.74, 6) is -0.0580. The van der Waals surface area contributed by atoms with Gasteiger partial charge in [-0.3, -0.25) is 9.48 Å². The first-order valence-corrected chi connectivity index (χ1v) is 7.99. The lowest BCUT2D eigenvalue weighted by Gasteiger charge is -2.17. The van der Waals surface area contributed by atoms with E-state index < -0.39 is 0 Å².